The molecule has 0 saturated carbocycles. The number of hydrogen-bond acceptors (Lipinski definition) is 5. The summed E-state index contributed by atoms with van der Waals surface area (Å²) >= 11 is 0. The van der Waals surface area contributed by atoms with Gasteiger partial charge in [0.15, 0.2) is 0 Å². The molecule has 2 rings (SSSR count). The third-order valence-electron chi connectivity index (χ3n) is 3.47. The van der Waals surface area contributed by atoms with E-state index < -0.39 is 16.0 Å². The van der Waals surface area contributed by atoms with Crippen LogP contribution in [0.1, 0.15) is 17.3 Å². The van der Waals surface area contributed by atoms with Crippen LogP contribution in [0.2, 0.25) is 0 Å². The molecule has 1 N–H and O–H groups in total. The van der Waals surface area contributed by atoms with Crippen LogP contribution in [0.4, 0.5) is 0 Å². The zero-order chi connectivity index (χ0) is 17.0. The number of carbonyl (C=O) groups is 1. The molecule has 1 aliphatic heterocycles. The maximum atomic E-state index is 12.7. The standard InChI is InChI=1S/C15H19NO6S/c1-3-22-14-7-6-12(9-13(14)15(17)18)23(19,20)16-8-4-5-11(10-16)21-2/h4-7,9,11H,3,8,10H2,1-2H3,(H,17,18). The number of ether oxygens (including phenoxy) is 2. The van der Waals surface area contributed by atoms with Crippen LogP contribution in [0.5, 0.6) is 5.75 Å². The molecule has 126 valence electrons. The summed E-state index contributed by atoms with van der Waals surface area (Å²) in [6.07, 6.45) is 3.19. The van der Waals surface area contributed by atoms with Crippen molar-refractivity contribution in [3.8, 4) is 5.75 Å². The first-order valence-electron chi connectivity index (χ1n) is 7.10. The fraction of sp³-hybridized carbons (Fsp3) is 0.400. The second-order valence-electron chi connectivity index (χ2n) is 4.92. The van der Waals surface area contributed by atoms with Gasteiger partial charge in [0, 0.05) is 20.2 Å². The Bertz CT molecular complexity index is 713. The van der Waals surface area contributed by atoms with Crippen molar-refractivity contribution in [1.29, 1.82) is 0 Å². The van der Waals surface area contributed by atoms with Gasteiger partial charge in [0.1, 0.15) is 11.3 Å². The van der Waals surface area contributed by atoms with E-state index >= 15 is 0 Å². The van der Waals surface area contributed by atoms with Crippen molar-refractivity contribution < 1.29 is 27.8 Å². The SMILES string of the molecule is CCOc1ccc(S(=O)(=O)N2CC=CC(OC)C2)cc1C(=O)O. The molecule has 23 heavy (non-hydrogen) atoms. The molecule has 0 saturated heterocycles. The van der Waals surface area contributed by atoms with Gasteiger partial charge in [-0.15, -0.1) is 0 Å². The van der Waals surface area contributed by atoms with Crippen molar-refractivity contribution in [2.75, 3.05) is 26.8 Å². The molecule has 0 aliphatic carbocycles. The van der Waals surface area contributed by atoms with E-state index in [-0.39, 0.29) is 35.4 Å². The number of nitrogens with zero attached hydrogens (tertiary/aromatic N) is 1. The van der Waals surface area contributed by atoms with Crippen LogP contribution in [-0.2, 0) is 14.8 Å². The Labute approximate surface area is 135 Å². The molecule has 1 aromatic carbocycles. The smallest absolute Gasteiger partial charge is 0.339 e. The van der Waals surface area contributed by atoms with E-state index in [1.54, 1.807) is 19.1 Å². The summed E-state index contributed by atoms with van der Waals surface area (Å²) in [6.45, 7) is 2.42. The van der Waals surface area contributed by atoms with Gasteiger partial charge in [0.2, 0.25) is 10.0 Å². The fourth-order valence-electron chi connectivity index (χ4n) is 2.28. The molecule has 0 amide bonds. The van der Waals surface area contributed by atoms with Crippen LogP contribution in [0, 0.1) is 0 Å². The van der Waals surface area contributed by atoms with Crippen LogP contribution < -0.4 is 4.74 Å². The second kappa shape index (κ2) is 7.12. The van der Waals surface area contributed by atoms with E-state index in [2.05, 4.69) is 0 Å². The maximum Gasteiger partial charge on any atom is 0.339 e. The second-order valence-corrected chi connectivity index (χ2v) is 6.86. The highest BCUT2D eigenvalue weighted by molar-refractivity contribution is 7.89. The Balaban J connectivity index is 2.38. The summed E-state index contributed by atoms with van der Waals surface area (Å²) < 4.78 is 37.0. The van der Waals surface area contributed by atoms with Gasteiger partial charge in [0.25, 0.3) is 0 Å². The Hall–Kier alpha value is -1.90. The number of carboxylic acids is 1. The molecular weight excluding hydrogens is 322 g/mol. The van der Waals surface area contributed by atoms with E-state index in [9.17, 15) is 18.3 Å². The van der Waals surface area contributed by atoms with Crippen LogP contribution in [0.15, 0.2) is 35.2 Å². The highest BCUT2D eigenvalue weighted by Crippen LogP contribution is 2.26. The lowest BCUT2D eigenvalue weighted by molar-refractivity contribution is 0.0692. The lowest BCUT2D eigenvalue weighted by Gasteiger charge is -2.27. The first-order valence-corrected chi connectivity index (χ1v) is 8.54. The zero-order valence-electron chi connectivity index (χ0n) is 12.9. The van der Waals surface area contributed by atoms with Gasteiger partial charge in [-0.25, -0.2) is 13.2 Å². The van der Waals surface area contributed by atoms with Crippen LogP contribution in [0.3, 0.4) is 0 Å². The molecule has 0 radical (unpaired) electrons. The zero-order valence-corrected chi connectivity index (χ0v) is 13.7. The highest BCUT2D eigenvalue weighted by Gasteiger charge is 2.29. The molecule has 0 aromatic heterocycles. The van der Waals surface area contributed by atoms with E-state index in [0.717, 1.165) is 6.07 Å². The van der Waals surface area contributed by atoms with Crippen molar-refractivity contribution in [2.24, 2.45) is 0 Å². The molecule has 1 aliphatic rings. The summed E-state index contributed by atoms with van der Waals surface area (Å²) in [5, 5.41) is 9.25. The minimum absolute atomic E-state index is 0.0801. The highest BCUT2D eigenvalue weighted by atomic mass is 32.2. The average molecular weight is 341 g/mol. The third-order valence-corrected chi connectivity index (χ3v) is 5.29. The Morgan fingerprint density at radius 3 is 2.78 bits per heavy atom. The predicted molar refractivity (Wildman–Crippen MR) is 83.3 cm³/mol. The molecule has 7 nitrogen and oxygen atoms in total. The quantitative estimate of drug-likeness (QED) is 0.785. The monoisotopic (exact) mass is 341 g/mol. The van der Waals surface area contributed by atoms with E-state index in [1.165, 1.54) is 23.5 Å². The van der Waals surface area contributed by atoms with Gasteiger partial charge in [-0.1, -0.05) is 12.2 Å². The Morgan fingerprint density at radius 1 is 1.43 bits per heavy atom. The topological polar surface area (TPSA) is 93.1 Å². The number of carboxylic acid groups (broad SMARTS) is 1. The normalized spacial score (nSPS) is 18.8. The Morgan fingerprint density at radius 2 is 2.17 bits per heavy atom. The molecule has 1 heterocycles. The average Bonchev–Trinajstić information content (AvgIpc) is 2.55. The van der Waals surface area contributed by atoms with E-state index in [4.69, 9.17) is 9.47 Å². The number of benzene rings is 1. The van der Waals surface area contributed by atoms with Gasteiger partial charge in [0.05, 0.1) is 17.6 Å². The summed E-state index contributed by atoms with van der Waals surface area (Å²) in [5.41, 5.74) is -0.177. The molecule has 8 heteroatoms. The molecule has 0 spiro atoms. The van der Waals surface area contributed by atoms with Crippen LogP contribution >= 0.6 is 0 Å². The third kappa shape index (κ3) is 3.72. The number of rotatable bonds is 6. The van der Waals surface area contributed by atoms with Gasteiger partial charge >= 0.3 is 5.97 Å². The van der Waals surface area contributed by atoms with Gasteiger partial charge in [-0.05, 0) is 25.1 Å². The molecule has 1 atom stereocenters. The lowest BCUT2D eigenvalue weighted by Crippen LogP contribution is -2.40. The summed E-state index contributed by atoms with van der Waals surface area (Å²) in [6, 6.07) is 3.85. The van der Waals surface area contributed by atoms with E-state index in [1.807, 2.05) is 0 Å². The van der Waals surface area contributed by atoms with E-state index in [0.29, 0.717) is 6.61 Å². The Kier molecular flexibility index (Phi) is 5.40. The number of sulfonamides is 1. The van der Waals surface area contributed by atoms with Crippen molar-refractivity contribution >= 4 is 16.0 Å². The van der Waals surface area contributed by atoms with Gasteiger partial charge in [-0.3, -0.25) is 0 Å². The van der Waals surface area contributed by atoms with Crippen molar-refractivity contribution in [3.05, 3.63) is 35.9 Å². The maximum absolute atomic E-state index is 12.7. The summed E-state index contributed by atoms with van der Waals surface area (Å²) in [4.78, 5) is 11.3. The van der Waals surface area contributed by atoms with Crippen LogP contribution in [0.25, 0.3) is 0 Å². The molecule has 0 bridgehead atoms. The molecule has 0 fully saturated rings. The predicted octanol–water partition coefficient (Wildman–Crippen LogP) is 1.36. The number of hydrogen-bond donors (Lipinski definition) is 1. The number of aromatic carboxylic acids is 1. The summed E-state index contributed by atoms with van der Waals surface area (Å²) in [7, 11) is -2.31. The molecular formula is C15H19NO6S. The van der Waals surface area contributed by atoms with Crippen molar-refractivity contribution in [2.45, 2.75) is 17.9 Å². The van der Waals surface area contributed by atoms with Crippen LogP contribution in [-0.4, -0.2) is 56.7 Å². The lowest BCUT2D eigenvalue weighted by atomic mass is 10.2. The first kappa shape index (κ1) is 17.5. The molecule has 1 unspecified atom stereocenters. The minimum atomic E-state index is -3.81. The first-order chi connectivity index (χ1) is 10.9. The largest absolute Gasteiger partial charge is 0.493 e. The fourth-order valence-corrected chi connectivity index (χ4v) is 3.71. The summed E-state index contributed by atoms with van der Waals surface area (Å²) in [5.74, 6) is -1.09. The minimum Gasteiger partial charge on any atom is -0.493 e. The molecule has 1 aromatic rings. The van der Waals surface area contributed by atoms with Gasteiger partial charge < -0.3 is 14.6 Å². The van der Waals surface area contributed by atoms with Gasteiger partial charge in [-0.2, -0.15) is 4.31 Å². The van der Waals surface area contributed by atoms with Crippen molar-refractivity contribution in [3.63, 3.8) is 0 Å². The number of methoxy groups -OCH3 is 1. The van der Waals surface area contributed by atoms with Crippen molar-refractivity contribution in [1.82, 2.24) is 4.31 Å².